The maximum absolute atomic E-state index is 12.2. The summed E-state index contributed by atoms with van der Waals surface area (Å²) in [6.45, 7) is 1.86. The minimum atomic E-state index is -0.0507. The summed E-state index contributed by atoms with van der Waals surface area (Å²) in [6, 6.07) is 10.0. The lowest BCUT2D eigenvalue weighted by molar-refractivity contribution is 0.104. The molecule has 104 valence electrons. The van der Waals surface area contributed by atoms with Crippen molar-refractivity contribution in [3.05, 3.63) is 65.4 Å². The van der Waals surface area contributed by atoms with Crippen LogP contribution in [0.15, 0.2) is 42.6 Å². The number of aromatic amines is 1. The van der Waals surface area contributed by atoms with E-state index in [-0.39, 0.29) is 5.78 Å². The van der Waals surface area contributed by atoms with E-state index in [4.69, 9.17) is 0 Å². The third-order valence-electron chi connectivity index (χ3n) is 2.88. The van der Waals surface area contributed by atoms with Crippen molar-refractivity contribution < 1.29 is 4.79 Å². The molecule has 0 unspecified atom stereocenters. The van der Waals surface area contributed by atoms with Gasteiger partial charge in [0.2, 0.25) is 5.78 Å². The molecule has 2 aromatic rings. The number of hydrogen-bond donors (Lipinski definition) is 1. The Kier molecular flexibility index (Phi) is 4.35. The molecule has 0 atom stereocenters. The monoisotopic (exact) mass is 269 g/mol. The van der Waals surface area contributed by atoms with Crippen molar-refractivity contribution in [3.8, 4) is 0 Å². The molecule has 20 heavy (non-hydrogen) atoms. The zero-order valence-electron chi connectivity index (χ0n) is 12.1. The average molecular weight is 269 g/mol. The average Bonchev–Trinajstić information content (AvgIpc) is 2.78. The van der Waals surface area contributed by atoms with E-state index in [1.54, 1.807) is 12.3 Å². The fourth-order valence-electron chi connectivity index (χ4n) is 1.96. The van der Waals surface area contributed by atoms with E-state index in [1.807, 2.05) is 56.3 Å². The number of carbonyl (C=O) groups is 1. The molecule has 0 aliphatic rings. The Balaban J connectivity index is 2.24. The molecule has 0 saturated carbocycles. The standard InChI is InChI=1S/C16H19N3O/c1-12-17-14(11-13-7-5-4-6-8-13)16(18-12)15(20)9-10-19(2)3/h4-10H,11H2,1-3H3,(H,17,18). The Labute approximate surface area is 119 Å². The van der Waals surface area contributed by atoms with Gasteiger partial charge in [-0.05, 0) is 12.5 Å². The number of rotatable bonds is 5. The minimum Gasteiger partial charge on any atom is -0.383 e. The largest absolute Gasteiger partial charge is 0.383 e. The molecule has 0 aliphatic heterocycles. The maximum atomic E-state index is 12.2. The third-order valence-corrected chi connectivity index (χ3v) is 2.88. The molecule has 0 amide bonds. The molecular formula is C16H19N3O. The Bertz CT molecular complexity index is 612. The molecule has 0 bridgehead atoms. The van der Waals surface area contributed by atoms with E-state index in [0.717, 1.165) is 17.1 Å². The Hall–Kier alpha value is -2.36. The zero-order valence-corrected chi connectivity index (χ0v) is 12.1. The Morgan fingerprint density at radius 2 is 2.00 bits per heavy atom. The second-order valence-electron chi connectivity index (χ2n) is 4.95. The molecule has 0 radical (unpaired) electrons. The van der Waals surface area contributed by atoms with Crippen molar-refractivity contribution in [1.82, 2.24) is 14.9 Å². The number of aromatic nitrogens is 2. The first-order chi connectivity index (χ1) is 9.56. The van der Waals surface area contributed by atoms with Crippen LogP contribution in [0.3, 0.4) is 0 Å². The first-order valence-corrected chi connectivity index (χ1v) is 6.54. The SMILES string of the molecule is Cc1nc(Cc2ccccc2)c(C(=O)C=CN(C)C)[nH]1. The van der Waals surface area contributed by atoms with Crippen LogP contribution in [-0.4, -0.2) is 34.7 Å². The lowest BCUT2D eigenvalue weighted by Crippen LogP contribution is -2.05. The smallest absolute Gasteiger partial charge is 0.205 e. The second kappa shape index (κ2) is 6.19. The number of nitrogens with zero attached hydrogens (tertiary/aromatic N) is 2. The number of aryl methyl sites for hydroxylation is 1. The van der Waals surface area contributed by atoms with E-state index in [0.29, 0.717) is 12.1 Å². The zero-order chi connectivity index (χ0) is 14.5. The molecule has 0 saturated heterocycles. The highest BCUT2D eigenvalue weighted by molar-refractivity contribution is 6.03. The number of benzene rings is 1. The van der Waals surface area contributed by atoms with Crippen LogP contribution >= 0.6 is 0 Å². The molecule has 1 N–H and O–H groups in total. The lowest BCUT2D eigenvalue weighted by Gasteiger charge is -2.03. The van der Waals surface area contributed by atoms with Gasteiger partial charge < -0.3 is 9.88 Å². The van der Waals surface area contributed by atoms with Gasteiger partial charge in [0.1, 0.15) is 11.5 Å². The maximum Gasteiger partial charge on any atom is 0.205 e. The summed E-state index contributed by atoms with van der Waals surface area (Å²) in [5.41, 5.74) is 2.51. The number of ketones is 1. The van der Waals surface area contributed by atoms with Crippen LogP contribution in [0.5, 0.6) is 0 Å². The summed E-state index contributed by atoms with van der Waals surface area (Å²) in [5.74, 6) is 0.711. The number of H-pyrrole nitrogens is 1. The van der Waals surface area contributed by atoms with E-state index in [1.165, 1.54) is 0 Å². The molecule has 4 heteroatoms. The number of hydrogen-bond acceptors (Lipinski definition) is 3. The molecule has 0 spiro atoms. The number of carbonyl (C=O) groups excluding carboxylic acids is 1. The minimum absolute atomic E-state index is 0.0507. The van der Waals surface area contributed by atoms with E-state index in [9.17, 15) is 4.79 Å². The van der Waals surface area contributed by atoms with Crippen molar-refractivity contribution >= 4 is 5.78 Å². The van der Waals surface area contributed by atoms with Gasteiger partial charge in [0.15, 0.2) is 0 Å². The molecule has 4 nitrogen and oxygen atoms in total. The number of nitrogens with one attached hydrogen (secondary N) is 1. The van der Waals surface area contributed by atoms with Crippen molar-refractivity contribution in [3.63, 3.8) is 0 Å². The summed E-state index contributed by atoms with van der Waals surface area (Å²) in [4.78, 5) is 21.5. The van der Waals surface area contributed by atoms with Gasteiger partial charge >= 0.3 is 0 Å². The fraction of sp³-hybridized carbons (Fsp3) is 0.250. The first kappa shape index (κ1) is 14.1. The second-order valence-corrected chi connectivity index (χ2v) is 4.95. The van der Waals surface area contributed by atoms with Crippen LogP contribution in [0, 0.1) is 6.92 Å². The fourth-order valence-corrected chi connectivity index (χ4v) is 1.96. The van der Waals surface area contributed by atoms with E-state index in [2.05, 4.69) is 9.97 Å². The summed E-state index contributed by atoms with van der Waals surface area (Å²) in [6.07, 6.45) is 3.95. The van der Waals surface area contributed by atoms with Crippen LogP contribution in [0.25, 0.3) is 0 Å². The van der Waals surface area contributed by atoms with Crippen LogP contribution in [0.2, 0.25) is 0 Å². The number of allylic oxidation sites excluding steroid dienone is 1. The highest BCUT2D eigenvalue weighted by atomic mass is 16.1. The quantitative estimate of drug-likeness (QED) is 0.670. The van der Waals surface area contributed by atoms with Crippen molar-refractivity contribution in [2.45, 2.75) is 13.3 Å². The summed E-state index contributed by atoms with van der Waals surface area (Å²) < 4.78 is 0. The van der Waals surface area contributed by atoms with Gasteiger partial charge in [-0.1, -0.05) is 30.3 Å². The van der Waals surface area contributed by atoms with Gasteiger partial charge in [-0.2, -0.15) is 0 Å². The molecule has 1 heterocycles. The van der Waals surface area contributed by atoms with Crippen molar-refractivity contribution in [1.29, 1.82) is 0 Å². The van der Waals surface area contributed by atoms with Crippen LogP contribution in [0.1, 0.15) is 27.6 Å². The van der Waals surface area contributed by atoms with E-state index >= 15 is 0 Å². The predicted octanol–water partition coefficient (Wildman–Crippen LogP) is 2.57. The summed E-state index contributed by atoms with van der Waals surface area (Å²) in [5, 5.41) is 0. The van der Waals surface area contributed by atoms with Crippen LogP contribution in [0.4, 0.5) is 0 Å². The number of imidazole rings is 1. The summed E-state index contributed by atoms with van der Waals surface area (Å²) in [7, 11) is 3.76. The van der Waals surface area contributed by atoms with Crippen molar-refractivity contribution in [2.24, 2.45) is 0 Å². The van der Waals surface area contributed by atoms with Gasteiger partial charge in [0, 0.05) is 32.8 Å². The third kappa shape index (κ3) is 3.57. The van der Waals surface area contributed by atoms with Crippen LogP contribution in [-0.2, 0) is 6.42 Å². The van der Waals surface area contributed by atoms with Gasteiger partial charge in [-0.25, -0.2) is 4.98 Å². The van der Waals surface area contributed by atoms with Crippen LogP contribution < -0.4 is 0 Å². The molecule has 0 aliphatic carbocycles. The molecule has 1 aromatic carbocycles. The normalized spacial score (nSPS) is 10.9. The van der Waals surface area contributed by atoms with Gasteiger partial charge in [-0.15, -0.1) is 0 Å². The molecule has 0 fully saturated rings. The van der Waals surface area contributed by atoms with E-state index < -0.39 is 0 Å². The highest BCUT2D eigenvalue weighted by Gasteiger charge is 2.14. The highest BCUT2D eigenvalue weighted by Crippen LogP contribution is 2.13. The summed E-state index contributed by atoms with van der Waals surface area (Å²) >= 11 is 0. The van der Waals surface area contributed by atoms with Gasteiger partial charge in [0.05, 0.1) is 5.69 Å². The predicted molar refractivity (Wildman–Crippen MR) is 79.7 cm³/mol. The topological polar surface area (TPSA) is 49.0 Å². The Morgan fingerprint density at radius 3 is 2.65 bits per heavy atom. The lowest BCUT2D eigenvalue weighted by atomic mass is 10.1. The van der Waals surface area contributed by atoms with Crippen molar-refractivity contribution in [2.75, 3.05) is 14.1 Å². The molecule has 1 aromatic heterocycles. The first-order valence-electron chi connectivity index (χ1n) is 6.54. The molecule has 2 rings (SSSR count). The Morgan fingerprint density at radius 1 is 1.30 bits per heavy atom. The van der Waals surface area contributed by atoms with Gasteiger partial charge in [0.25, 0.3) is 0 Å². The molecular weight excluding hydrogens is 250 g/mol. The van der Waals surface area contributed by atoms with Gasteiger partial charge in [-0.3, -0.25) is 4.79 Å².